The van der Waals surface area contributed by atoms with Crippen molar-refractivity contribution in [2.24, 2.45) is 5.92 Å². The number of carbonyl (C=O) groups excluding carboxylic acids is 2. The number of aryl methyl sites for hydroxylation is 1. The molecular weight excluding hydrogens is 628 g/mol. The summed E-state index contributed by atoms with van der Waals surface area (Å²) in [5.41, 5.74) is 5.05. The van der Waals surface area contributed by atoms with Gasteiger partial charge in [0.2, 0.25) is 0 Å². The Morgan fingerprint density at radius 1 is 1.19 bits per heavy atom. The molecule has 5 nitrogen and oxygen atoms in total. The van der Waals surface area contributed by atoms with Gasteiger partial charge < -0.3 is 15.5 Å². The fourth-order valence-corrected chi connectivity index (χ4v) is 6.65. The zero-order valence-corrected chi connectivity index (χ0v) is 24.1. The van der Waals surface area contributed by atoms with E-state index >= 15 is 0 Å². The van der Waals surface area contributed by atoms with E-state index in [1.54, 1.807) is 24.3 Å². The third-order valence-corrected chi connectivity index (χ3v) is 9.34. The van der Waals surface area contributed by atoms with Crippen molar-refractivity contribution in [1.29, 1.82) is 0 Å². The first-order valence-electron chi connectivity index (χ1n) is 11.5. The fraction of sp³-hybridized carbons (Fsp3) is 0.259. The maximum atomic E-state index is 13.8. The van der Waals surface area contributed by atoms with Gasteiger partial charge >= 0.3 is 0 Å². The van der Waals surface area contributed by atoms with Gasteiger partial charge in [-0.2, -0.15) is 11.8 Å². The van der Waals surface area contributed by atoms with E-state index in [0.29, 0.717) is 28.3 Å². The van der Waals surface area contributed by atoms with Crippen molar-refractivity contribution in [2.45, 2.75) is 19.4 Å². The Bertz CT molecular complexity index is 1290. The van der Waals surface area contributed by atoms with Crippen molar-refractivity contribution >= 4 is 75.7 Å². The van der Waals surface area contributed by atoms with Gasteiger partial charge in [-0.3, -0.25) is 9.59 Å². The fourth-order valence-electron chi connectivity index (χ4n) is 4.85. The van der Waals surface area contributed by atoms with E-state index in [2.05, 4.69) is 50.3 Å². The molecule has 0 bridgehead atoms. The molecule has 1 amide bonds. The van der Waals surface area contributed by atoms with Gasteiger partial charge in [0.05, 0.1) is 22.5 Å². The second-order valence-electron chi connectivity index (χ2n) is 8.83. The minimum absolute atomic E-state index is 0. The Morgan fingerprint density at radius 3 is 2.83 bits per heavy atom. The Hall–Kier alpha value is -1.94. The van der Waals surface area contributed by atoms with E-state index in [-0.39, 0.29) is 36.1 Å². The summed E-state index contributed by atoms with van der Waals surface area (Å²) in [5.74, 6) is 1.57. The van der Waals surface area contributed by atoms with Crippen LogP contribution in [0.1, 0.15) is 32.7 Å². The van der Waals surface area contributed by atoms with Crippen molar-refractivity contribution in [3.05, 3.63) is 97.5 Å². The summed E-state index contributed by atoms with van der Waals surface area (Å²) in [6.45, 7) is 2.89. The summed E-state index contributed by atoms with van der Waals surface area (Å²) >= 11 is 10.7. The molecule has 0 radical (unpaired) electrons. The standard InChI is InChI=1S/C27H25ClIN3O2S.ClH/c1-16-4-2-6-21(24(16)29)27(34)31-18-8-9-20(23(28)12-18)26(33)22-7-3-5-17-13-30-14-19-15-35-11-10-32(19)25(17)22;/h2-6,8-9,12-14,22,25,30H,7,10-11,15H2,1H3,(H,31,34);1H. The number of nitrogens with one attached hydrogen (secondary N) is 2. The van der Waals surface area contributed by atoms with Gasteiger partial charge in [0.25, 0.3) is 5.91 Å². The van der Waals surface area contributed by atoms with Crippen LogP contribution >= 0.6 is 58.4 Å². The topological polar surface area (TPSA) is 61.4 Å². The summed E-state index contributed by atoms with van der Waals surface area (Å²) in [4.78, 5) is 29.0. The molecule has 2 atom stereocenters. The summed E-state index contributed by atoms with van der Waals surface area (Å²) in [6, 6.07) is 10.8. The predicted octanol–water partition coefficient (Wildman–Crippen LogP) is 6.43. The van der Waals surface area contributed by atoms with Crippen LogP contribution in [0.2, 0.25) is 5.02 Å². The maximum Gasteiger partial charge on any atom is 0.256 e. The number of anilines is 1. The van der Waals surface area contributed by atoms with Crippen LogP contribution < -0.4 is 10.6 Å². The lowest BCUT2D eigenvalue weighted by Crippen LogP contribution is -2.47. The molecule has 0 spiro atoms. The summed E-state index contributed by atoms with van der Waals surface area (Å²) in [7, 11) is 0. The van der Waals surface area contributed by atoms with E-state index in [9.17, 15) is 9.59 Å². The van der Waals surface area contributed by atoms with Crippen LogP contribution in [-0.4, -0.2) is 40.7 Å². The number of rotatable bonds is 4. The number of carbonyl (C=O) groups is 2. The molecule has 9 heteroatoms. The van der Waals surface area contributed by atoms with Crippen LogP contribution in [0.3, 0.4) is 0 Å². The van der Waals surface area contributed by atoms with Gasteiger partial charge in [0.1, 0.15) is 0 Å². The van der Waals surface area contributed by atoms with Crippen molar-refractivity contribution in [3.63, 3.8) is 0 Å². The number of fused-ring (bicyclic) bond motifs is 3. The van der Waals surface area contributed by atoms with Crippen LogP contribution in [0, 0.1) is 16.4 Å². The molecule has 1 saturated heterocycles. The van der Waals surface area contributed by atoms with Gasteiger partial charge in [0.15, 0.2) is 5.78 Å². The number of ketones is 1. The lowest BCUT2D eigenvalue weighted by atomic mass is 9.79. The third kappa shape index (κ3) is 5.35. The lowest BCUT2D eigenvalue weighted by molar-refractivity contribution is 0.0850. The molecule has 5 rings (SSSR count). The Labute approximate surface area is 240 Å². The van der Waals surface area contributed by atoms with Gasteiger partial charge in [-0.15, -0.1) is 12.4 Å². The highest BCUT2D eigenvalue weighted by Crippen LogP contribution is 2.37. The van der Waals surface area contributed by atoms with Crippen molar-refractivity contribution in [2.75, 3.05) is 23.4 Å². The molecule has 1 fully saturated rings. The number of hydrogen-bond donors (Lipinski definition) is 2. The van der Waals surface area contributed by atoms with E-state index in [4.69, 9.17) is 11.6 Å². The molecule has 0 aromatic heterocycles. The highest BCUT2D eigenvalue weighted by Gasteiger charge is 2.39. The summed E-state index contributed by atoms with van der Waals surface area (Å²) in [5, 5.41) is 6.56. The Kier molecular flexibility index (Phi) is 8.75. The monoisotopic (exact) mass is 653 g/mol. The normalized spacial score (nSPS) is 20.5. The molecule has 188 valence electrons. The largest absolute Gasteiger partial charge is 0.366 e. The first kappa shape index (κ1) is 27.1. The van der Waals surface area contributed by atoms with E-state index in [1.807, 2.05) is 43.2 Å². The van der Waals surface area contributed by atoms with Crippen LogP contribution in [0.15, 0.2) is 72.2 Å². The molecule has 2 aromatic rings. The number of Topliss-reactive ketones (excluding diaryl/α,β-unsaturated/α-hetero) is 1. The molecular formula is C27H26Cl2IN3O2S. The molecule has 2 N–H and O–H groups in total. The zero-order chi connectivity index (χ0) is 24.5. The quantitative estimate of drug-likeness (QED) is 0.294. The van der Waals surface area contributed by atoms with E-state index in [0.717, 1.165) is 32.8 Å². The third-order valence-electron chi connectivity index (χ3n) is 6.62. The Balaban J connectivity index is 0.00000304. The van der Waals surface area contributed by atoms with Crippen molar-refractivity contribution in [1.82, 2.24) is 10.2 Å². The molecule has 2 aliphatic heterocycles. The number of thioether (sulfide) groups is 1. The molecule has 0 saturated carbocycles. The first-order chi connectivity index (χ1) is 16.9. The number of halogens is 3. The van der Waals surface area contributed by atoms with Crippen LogP contribution in [0.25, 0.3) is 0 Å². The minimum Gasteiger partial charge on any atom is -0.366 e. The Morgan fingerprint density at radius 2 is 2.03 bits per heavy atom. The maximum absolute atomic E-state index is 13.8. The van der Waals surface area contributed by atoms with Crippen molar-refractivity contribution < 1.29 is 9.59 Å². The molecule has 3 aliphatic rings. The SMILES string of the molecule is Cc1cccc(C(=O)Nc2ccc(C(=O)C3CC=CC4=CNC=C5CSCCN5C43)c(Cl)c2)c1I.Cl. The van der Waals surface area contributed by atoms with Gasteiger partial charge in [-0.1, -0.05) is 35.9 Å². The number of amides is 1. The minimum atomic E-state index is -0.232. The summed E-state index contributed by atoms with van der Waals surface area (Å²) in [6.07, 6.45) is 8.91. The highest BCUT2D eigenvalue weighted by atomic mass is 127. The molecule has 1 aliphatic carbocycles. The number of hydrogen-bond acceptors (Lipinski definition) is 5. The highest BCUT2D eigenvalue weighted by molar-refractivity contribution is 14.1. The van der Waals surface area contributed by atoms with Crippen LogP contribution in [0.5, 0.6) is 0 Å². The average molecular weight is 654 g/mol. The average Bonchev–Trinajstić information content (AvgIpc) is 3.05. The smallest absolute Gasteiger partial charge is 0.256 e. The van der Waals surface area contributed by atoms with Gasteiger partial charge in [0, 0.05) is 51.0 Å². The molecule has 2 aromatic carbocycles. The second kappa shape index (κ2) is 11.6. The van der Waals surface area contributed by atoms with E-state index in [1.165, 1.54) is 5.70 Å². The van der Waals surface area contributed by atoms with Crippen molar-refractivity contribution in [3.8, 4) is 0 Å². The van der Waals surface area contributed by atoms with Gasteiger partial charge in [-0.05, 0) is 71.3 Å². The molecule has 36 heavy (non-hydrogen) atoms. The molecule has 2 unspecified atom stereocenters. The number of allylic oxidation sites excluding steroid dienone is 1. The second-order valence-corrected chi connectivity index (χ2v) is 11.4. The number of benzene rings is 2. The zero-order valence-electron chi connectivity index (χ0n) is 19.6. The van der Waals surface area contributed by atoms with Crippen LogP contribution in [0.4, 0.5) is 5.69 Å². The van der Waals surface area contributed by atoms with Gasteiger partial charge in [-0.25, -0.2) is 0 Å². The summed E-state index contributed by atoms with van der Waals surface area (Å²) < 4.78 is 0.914. The molecule has 2 heterocycles. The number of nitrogens with zero attached hydrogens (tertiary/aromatic N) is 1. The first-order valence-corrected chi connectivity index (χ1v) is 14.1. The van der Waals surface area contributed by atoms with Crippen LogP contribution in [-0.2, 0) is 0 Å². The predicted molar refractivity (Wildman–Crippen MR) is 159 cm³/mol. The lowest BCUT2D eigenvalue weighted by Gasteiger charge is -2.42. The van der Waals surface area contributed by atoms with E-state index < -0.39 is 0 Å².